The Morgan fingerprint density at radius 1 is 1.04 bits per heavy atom. The number of amides is 1. The van der Waals surface area contributed by atoms with Crippen molar-refractivity contribution in [1.29, 1.82) is 0 Å². The molecule has 0 spiro atoms. The summed E-state index contributed by atoms with van der Waals surface area (Å²) in [4.78, 5) is 14.0. The minimum absolute atomic E-state index is 0.0254. The van der Waals surface area contributed by atoms with Crippen LogP contribution in [0.2, 0.25) is 0 Å². The van der Waals surface area contributed by atoms with Gasteiger partial charge in [-0.25, -0.2) is 0 Å². The molecule has 0 heterocycles. The molecular weight excluding hydrogens is 330 g/mol. The Bertz CT molecular complexity index is 646. The van der Waals surface area contributed by atoms with Crippen LogP contribution in [0.15, 0.2) is 54.6 Å². The Balaban J connectivity index is 1.59. The van der Waals surface area contributed by atoms with Crippen LogP contribution >= 0.6 is 11.8 Å². The second kappa shape index (κ2) is 10.8. The van der Waals surface area contributed by atoms with E-state index in [4.69, 9.17) is 0 Å². The maximum Gasteiger partial charge on any atom is 0.239 e. The van der Waals surface area contributed by atoms with Gasteiger partial charge in [0.25, 0.3) is 0 Å². The molecule has 25 heavy (non-hydrogen) atoms. The number of thioether (sulfide) groups is 1. The second-order valence-electron chi connectivity index (χ2n) is 6.18. The van der Waals surface area contributed by atoms with Crippen molar-refractivity contribution in [2.45, 2.75) is 12.3 Å². The molecule has 0 bridgehead atoms. The molecule has 4 nitrogen and oxygen atoms in total. The summed E-state index contributed by atoms with van der Waals surface area (Å²) in [7, 11) is 4.16. The fraction of sp³-hybridized carbons (Fsp3) is 0.350. The summed E-state index contributed by atoms with van der Waals surface area (Å²) in [6.07, 6.45) is 0. The first-order chi connectivity index (χ1) is 12.1. The number of anilines is 1. The topological polar surface area (TPSA) is 44.4 Å². The zero-order chi connectivity index (χ0) is 17.9. The largest absolute Gasteiger partial charge is 0.376 e. The molecule has 0 aliphatic carbocycles. The van der Waals surface area contributed by atoms with Gasteiger partial charge in [-0.3, -0.25) is 4.79 Å². The van der Waals surface area contributed by atoms with Gasteiger partial charge in [0, 0.05) is 30.3 Å². The van der Waals surface area contributed by atoms with Crippen molar-refractivity contribution >= 4 is 23.4 Å². The predicted molar refractivity (Wildman–Crippen MR) is 108 cm³/mol. The standard InChI is InChI=1S/C20H27N3OS/c1-23(2)15-17-7-6-8-18(13-17)16-25-12-11-21-20(24)14-22-19-9-4-3-5-10-19/h3-10,13,22H,11-12,14-16H2,1-2H3,(H,21,24). The first-order valence-electron chi connectivity index (χ1n) is 8.49. The summed E-state index contributed by atoms with van der Waals surface area (Å²) in [5, 5.41) is 6.06. The highest BCUT2D eigenvalue weighted by atomic mass is 32.2. The third-order valence-corrected chi connectivity index (χ3v) is 4.58. The fourth-order valence-electron chi connectivity index (χ4n) is 2.44. The van der Waals surface area contributed by atoms with Crippen LogP contribution in [-0.2, 0) is 17.1 Å². The van der Waals surface area contributed by atoms with Gasteiger partial charge in [0.1, 0.15) is 0 Å². The van der Waals surface area contributed by atoms with E-state index in [1.165, 1.54) is 11.1 Å². The molecule has 0 fully saturated rings. The average molecular weight is 358 g/mol. The molecule has 0 saturated heterocycles. The number of benzene rings is 2. The van der Waals surface area contributed by atoms with Gasteiger partial charge in [-0.1, -0.05) is 42.5 Å². The lowest BCUT2D eigenvalue weighted by Crippen LogP contribution is -2.31. The number of carbonyl (C=O) groups is 1. The minimum atomic E-state index is 0.0254. The van der Waals surface area contributed by atoms with Crippen molar-refractivity contribution < 1.29 is 4.79 Å². The Kier molecular flexibility index (Phi) is 8.35. The number of nitrogens with zero attached hydrogens (tertiary/aromatic N) is 1. The molecule has 2 rings (SSSR count). The highest BCUT2D eigenvalue weighted by molar-refractivity contribution is 7.98. The van der Waals surface area contributed by atoms with Gasteiger partial charge in [0.15, 0.2) is 0 Å². The number of nitrogens with one attached hydrogen (secondary N) is 2. The van der Waals surface area contributed by atoms with E-state index in [0.717, 1.165) is 23.7 Å². The number of hydrogen-bond donors (Lipinski definition) is 2. The molecule has 0 aromatic heterocycles. The summed E-state index contributed by atoms with van der Waals surface area (Å²) >= 11 is 1.84. The third kappa shape index (κ3) is 8.09. The van der Waals surface area contributed by atoms with E-state index in [-0.39, 0.29) is 5.91 Å². The van der Waals surface area contributed by atoms with E-state index < -0.39 is 0 Å². The third-order valence-electron chi connectivity index (χ3n) is 3.55. The van der Waals surface area contributed by atoms with Gasteiger partial charge in [-0.05, 0) is 37.4 Å². The van der Waals surface area contributed by atoms with Gasteiger partial charge in [0.05, 0.1) is 6.54 Å². The molecule has 0 atom stereocenters. The van der Waals surface area contributed by atoms with E-state index in [1.54, 1.807) is 0 Å². The monoisotopic (exact) mass is 357 g/mol. The second-order valence-corrected chi connectivity index (χ2v) is 7.29. The first kappa shape index (κ1) is 19.3. The fourth-order valence-corrected chi connectivity index (χ4v) is 3.24. The van der Waals surface area contributed by atoms with Crippen LogP contribution in [0.5, 0.6) is 0 Å². The van der Waals surface area contributed by atoms with Crippen molar-refractivity contribution in [3.05, 3.63) is 65.7 Å². The Hall–Kier alpha value is -1.98. The summed E-state index contributed by atoms with van der Waals surface area (Å²) in [6, 6.07) is 18.5. The van der Waals surface area contributed by atoms with Gasteiger partial charge in [0.2, 0.25) is 5.91 Å². The molecule has 0 unspecified atom stereocenters. The molecule has 2 aromatic carbocycles. The van der Waals surface area contributed by atoms with E-state index in [0.29, 0.717) is 13.1 Å². The highest BCUT2D eigenvalue weighted by Crippen LogP contribution is 2.14. The van der Waals surface area contributed by atoms with Crippen molar-refractivity contribution in [3.8, 4) is 0 Å². The maximum atomic E-state index is 11.8. The summed E-state index contributed by atoms with van der Waals surface area (Å²) in [5.41, 5.74) is 3.63. The molecule has 1 amide bonds. The Morgan fingerprint density at radius 2 is 1.80 bits per heavy atom. The van der Waals surface area contributed by atoms with Crippen LogP contribution < -0.4 is 10.6 Å². The van der Waals surface area contributed by atoms with Crippen LogP contribution in [0.1, 0.15) is 11.1 Å². The molecule has 134 valence electrons. The number of hydrogen-bond acceptors (Lipinski definition) is 4. The van der Waals surface area contributed by atoms with Crippen molar-refractivity contribution in [1.82, 2.24) is 10.2 Å². The van der Waals surface area contributed by atoms with Crippen molar-refractivity contribution in [3.63, 3.8) is 0 Å². The molecule has 0 saturated carbocycles. The molecule has 2 N–H and O–H groups in total. The number of carbonyl (C=O) groups excluding carboxylic acids is 1. The summed E-state index contributed by atoms with van der Waals surface area (Å²) in [5.74, 6) is 1.91. The lowest BCUT2D eigenvalue weighted by Gasteiger charge is -2.11. The smallest absolute Gasteiger partial charge is 0.239 e. The van der Waals surface area contributed by atoms with Crippen LogP contribution in [0.4, 0.5) is 5.69 Å². The lowest BCUT2D eigenvalue weighted by molar-refractivity contribution is -0.119. The average Bonchev–Trinajstić information content (AvgIpc) is 2.60. The van der Waals surface area contributed by atoms with E-state index >= 15 is 0 Å². The first-order valence-corrected chi connectivity index (χ1v) is 9.65. The molecule has 2 aromatic rings. The predicted octanol–water partition coefficient (Wildman–Crippen LogP) is 3.21. The van der Waals surface area contributed by atoms with Crippen molar-refractivity contribution in [2.75, 3.05) is 38.3 Å². The molecule has 0 aliphatic rings. The molecule has 0 aliphatic heterocycles. The van der Waals surface area contributed by atoms with E-state index in [1.807, 2.05) is 42.1 Å². The molecular formula is C20H27N3OS. The van der Waals surface area contributed by atoms with Crippen LogP contribution in [0.3, 0.4) is 0 Å². The van der Waals surface area contributed by atoms with Crippen molar-refractivity contribution in [2.24, 2.45) is 0 Å². The SMILES string of the molecule is CN(C)Cc1cccc(CSCCNC(=O)CNc2ccccc2)c1. The summed E-state index contributed by atoms with van der Waals surface area (Å²) in [6.45, 7) is 1.96. The normalized spacial score (nSPS) is 10.7. The summed E-state index contributed by atoms with van der Waals surface area (Å²) < 4.78 is 0. The lowest BCUT2D eigenvalue weighted by atomic mass is 10.1. The van der Waals surface area contributed by atoms with Gasteiger partial charge in [-0.2, -0.15) is 11.8 Å². The number of rotatable bonds is 10. The van der Waals surface area contributed by atoms with E-state index in [2.05, 4.69) is 53.9 Å². The highest BCUT2D eigenvalue weighted by Gasteiger charge is 2.01. The van der Waals surface area contributed by atoms with Crippen LogP contribution in [0.25, 0.3) is 0 Å². The van der Waals surface area contributed by atoms with E-state index in [9.17, 15) is 4.79 Å². The van der Waals surface area contributed by atoms with Gasteiger partial charge < -0.3 is 15.5 Å². The maximum absolute atomic E-state index is 11.8. The van der Waals surface area contributed by atoms with Gasteiger partial charge >= 0.3 is 0 Å². The molecule has 5 heteroatoms. The number of para-hydroxylation sites is 1. The quantitative estimate of drug-likeness (QED) is 0.641. The zero-order valence-corrected chi connectivity index (χ0v) is 15.8. The van der Waals surface area contributed by atoms with Crippen LogP contribution in [-0.4, -0.2) is 43.7 Å². The van der Waals surface area contributed by atoms with Gasteiger partial charge in [-0.15, -0.1) is 0 Å². The molecule has 0 radical (unpaired) electrons. The Labute approximate surface area is 155 Å². The minimum Gasteiger partial charge on any atom is -0.376 e. The zero-order valence-electron chi connectivity index (χ0n) is 15.0. The van der Waals surface area contributed by atoms with Crippen LogP contribution in [0, 0.1) is 0 Å². The Morgan fingerprint density at radius 3 is 2.56 bits per heavy atom.